The van der Waals surface area contributed by atoms with Crippen LogP contribution in [0.1, 0.15) is 19.8 Å². The molecule has 5 nitrogen and oxygen atoms in total. The summed E-state index contributed by atoms with van der Waals surface area (Å²) in [4.78, 5) is 20.8. The molecule has 0 fully saturated rings. The van der Waals surface area contributed by atoms with Gasteiger partial charge in [-0.05, 0) is 13.0 Å². The lowest BCUT2D eigenvalue weighted by atomic mass is 10.1. The number of aliphatic carboxylic acids is 1. The predicted octanol–water partition coefficient (Wildman–Crippen LogP) is -0.685. The van der Waals surface area contributed by atoms with Crippen LogP contribution in [0.3, 0.4) is 0 Å². The topological polar surface area (TPSA) is 92.4 Å². The van der Waals surface area contributed by atoms with E-state index in [-0.39, 0.29) is 12.8 Å². The Morgan fingerprint density at radius 3 is 2.50 bits per heavy atom. The van der Waals surface area contributed by atoms with E-state index in [0.717, 1.165) is 0 Å². The van der Waals surface area contributed by atoms with Gasteiger partial charge >= 0.3 is 5.97 Å². The standard InChI is InChI=1S/C7H14N2O3/c1-2-9-5(7(11)12)3-4-6(8)10/h5,9H,2-4H2,1H3,(H2,8,10)(H,11,12)/t5-/m1/s1. The van der Waals surface area contributed by atoms with E-state index in [1.165, 1.54) is 0 Å². The second kappa shape index (κ2) is 5.54. The zero-order chi connectivity index (χ0) is 9.56. The minimum absolute atomic E-state index is 0.101. The molecule has 0 radical (unpaired) electrons. The number of carbonyl (C=O) groups is 2. The molecular weight excluding hydrogens is 160 g/mol. The Morgan fingerprint density at radius 1 is 1.58 bits per heavy atom. The van der Waals surface area contributed by atoms with E-state index < -0.39 is 17.9 Å². The van der Waals surface area contributed by atoms with Gasteiger partial charge in [0.05, 0.1) is 0 Å². The van der Waals surface area contributed by atoms with Gasteiger partial charge in [0.1, 0.15) is 6.04 Å². The molecule has 5 heteroatoms. The highest BCUT2D eigenvalue weighted by atomic mass is 16.4. The number of carboxylic acid groups (broad SMARTS) is 1. The summed E-state index contributed by atoms with van der Waals surface area (Å²) in [5.41, 5.74) is 4.88. The fourth-order valence-corrected chi connectivity index (χ4v) is 0.846. The first-order valence-electron chi connectivity index (χ1n) is 3.82. The molecule has 0 aliphatic heterocycles. The van der Waals surface area contributed by atoms with Crippen LogP contribution in [0.25, 0.3) is 0 Å². The average molecular weight is 174 g/mol. The van der Waals surface area contributed by atoms with Crippen LogP contribution in [0, 0.1) is 0 Å². The molecule has 0 heterocycles. The number of amides is 1. The molecule has 12 heavy (non-hydrogen) atoms. The number of nitrogens with one attached hydrogen (secondary N) is 1. The number of carboxylic acids is 1. The summed E-state index contributed by atoms with van der Waals surface area (Å²) in [6.07, 6.45) is 0.350. The molecule has 70 valence electrons. The van der Waals surface area contributed by atoms with E-state index >= 15 is 0 Å². The van der Waals surface area contributed by atoms with Crippen molar-refractivity contribution in [3.63, 3.8) is 0 Å². The highest BCUT2D eigenvalue weighted by Gasteiger charge is 2.15. The first-order valence-corrected chi connectivity index (χ1v) is 3.82. The van der Waals surface area contributed by atoms with Gasteiger partial charge in [-0.2, -0.15) is 0 Å². The van der Waals surface area contributed by atoms with Crippen LogP contribution in [0.5, 0.6) is 0 Å². The third-order valence-corrected chi connectivity index (χ3v) is 1.43. The summed E-state index contributed by atoms with van der Waals surface area (Å²) >= 11 is 0. The van der Waals surface area contributed by atoms with E-state index in [0.29, 0.717) is 6.54 Å². The van der Waals surface area contributed by atoms with Crippen LogP contribution in [0.15, 0.2) is 0 Å². The van der Waals surface area contributed by atoms with Crippen LogP contribution in [0.4, 0.5) is 0 Å². The second-order valence-electron chi connectivity index (χ2n) is 2.45. The molecule has 0 aliphatic carbocycles. The molecule has 1 amide bonds. The number of nitrogens with two attached hydrogens (primary N) is 1. The fraction of sp³-hybridized carbons (Fsp3) is 0.714. The Labute approximate surface area is 70.9 Å². The number of hydrogen-bond acceptors (Lipinski definition) is 3. The van der Waals surface area contributed by atoms with E-state index in [2.05, 4.69) is 5.32 Å². The summed E-state index contributed by atoms with van der Waals surface area (Å²) in [6, 6.07) is -0.664. The van der Waals surface area contributed by atoms with Gasteiger partial charge in [0, 0.05) is 6.42 Å². The van der Waals surface area contributed by atoms with Gasteiger partial charge in [-0.1, -0.05) is 6.92 Å². The van der Waals surface area contributed by atoms with Gasteiger partial charge in [-0.15, -0.1) is 0 Å². The fourth-order valence-electron chi connectivity index (χ4n) is 0.846. The maximum absolute atomic E-state index is 10.5. The van der Waals surface area contributed by atoms with Crippen LogP contribution in [-0.4, -0.2) is 29.6 Å². The van der Waals surface area contributed by atoms with Gasteiger partial charge in [0.15, 0.2) is 0 Å². The van der Waals surface area contributed by atoms with Crippen LogP contribution in [0.2, 0.25) is 0 Å². The van der Waals surface area contributed by atoms with Crippen LogP contribution in [-0.2, 0) is 9.59 Å². The monoisotopic (exact) mass is 174 g/mol. The largest absolute Gasteiger partial charge is 0.480 e. The summed E-state index contributed by atoms with van der Waals surface area (Å²) in [6.45, 7) is 2.37. The molecule has 0 aliphatic rings. The SMILES string of the molecule is CCN[C@H](CCC(N)=O)C(=O)O. The van der Waals surface area contributed by atoms with E-state index in [4.69, 9.17) is 10.8 Å². The number of rotatable bonds is 6. The molecule has 4 N–H and O–H groups in total. The molecule has 0 saturated heterocycles. The van der Waals surface area contributed by atoms with Gasteiger partial charge < -0.3 is 16.2 Å². The maximum atomic E-state index is 10.5. The molecule has 1 atom stereocenters. The van der Waals surface area contributed by atoms with Gasteiger partial charge in [-0.3, -0.25) is 9.59 Å². The zero-order valence-electron chi connectivity index (χ0n) is 7.04. The van der Waals surface area contributed by atoms with Crippen molar-refractivity contribution in [2.75, 3.05) is 6.54 Å². The third kappa shape index (κ3) is 4.68. The van der Waals surface area contributed by atoms with Crippen molar-refractivity contribution < 1.29 is 14.7 Å². The lowest BCUT2D eigenvalue weighted by Crippen LogP contribution is -2.37. The zero-order valence-corrected chi connectivity index (χ0v) is 7.04. The molecule has 0 aromatic carbocycles. The first-order chi connectivity index (χ1) is 5.57. The van der Waals surface area contributed by atoms with Crippen molar-refractivity contribution in [2.45, 2.75) is 25.8 Å². The molecular formula is C7H14N2O3. The van der Waals surface area contributed by atoms with Crippen molar-refractivity contribution >= 4 is 11.9 Å². The van der Waals surface area contributed by atoms with Crippen molar-refractivity contribution in [3.05, 3.63) is 0 Å². The van der Waals surface area contributed by atoms with Crippen molar-refractivity contribution in [3.8, 4) is 0 Å². The quantitative estimate of drug-likeness (QED) is 0.497. The number of hydrogen-bond donors (Lipinski definition) is 3. The highest BCUT2D eigenvalue weighted by Crippen LogP contribution is 1.96. The van der Waals surface area contributed by atoms with E-state index in [1.54, 1.807) is 6.92 Å². The highest BCUT2D eigenvalue weighted by molar-refractivity contribution is 5.77. The number of primary amides is 1. The lowest BCUT2D eigenvalue weighted by molar-refractivity contribution is -0.139. The van der Waals surface area contributed by atoms with Crippen molar-refractivity contribution in [1.82, 2.24) is 5.32 Å². The Balaban J connectivity index is 3.79. The van der Waals surface area contributed by atoms with Crippen LogP contribution >= 0.6 is 0 Å². The van der Waals surface area contributed by atoms with Gasteiger partial charge in [0.25, 0.3) is 0 Å². The third-order valence-electron chi connectivity index (χ3n) is 1.43. The van der Waals surface area contributed by atoms with Gasteiger partial charge in [-0.25, -0.2) is 0 Å². The molecule has 0 saturated carbocycles. The Morgan fingerprint density at radius 2 is 2.17 bits per heavy atom. The van der Waals surface area contributed by atoms with E-state index in [1.807, 2.05) is 0 Å². The first kappa shape index (κ1) is 10.9. The molecule has 0 spiro atoms. The Bertz CT molecular complexity index is 170. The lowest BCUT2D eigenvalue weighted by Gasteiger charge is -2.10. The Hall–Kier alpha value is -1.10. The number of likely N-dealkylation sites (N-methyl/N-ethyl adjacent to an activating group) is 1. The van der Waals surface area contributed by atoms with Gasteiger partial charge in [0.2, 0.25) is 5.91 Å². The second-order valence-corrected chi connectivity index (χ2v) is 2.45. The summed E-state index contributed by atoms with van der Waals surface area (Å²) in [5, 5.41) is 11.3. The minimum atomic E-state index is -0.946. The normalized spacial score (nSPS) is 12.4. The smallest absolute Gasteiger partial charge is 0.320 e. The predicted molar refractivity (Wildman–Crippen MR) is 43.5 cm³/mol. The van der Waals surface area contributed by atoms with E-state index in [9.17, 15) is 9.59 Å². The molecule has 0 bridgehead atoms. The minimum Gasteiger partial charge on any atom is -0.480 e. The number of carbonyl (C=O) groups excluding carboxylic acids is 1. The molecule has 0 unspecified atom stereocenters. The maximum Gasteiger partial charge on any atom is 0.320 e. The summed E-state index contributed by atoms with van der Waals surface area (Å²) < 4.78 is 0. The van der Waals surface area contributed by atoms with Crippen molar-refractivity contribution in [2.24, 2.45) is 5.73 Å². The molecule has 0 aromatic rings. The summed E-state index contributed by atoms with van der Waals surface area (Å²) in [5.74, 6) is -1.42. The molecule has 0 aromatic heterocycles. The molecule has 0 rings (SSSR count). The van der Waals surface area contributed by atoms with Crippen LogP contribution < -0.4 is 11.1 Å². The Kier molecular flexibility index (Phi) is 5.03. The average Bonchev–Trinajstić information content (AvgIpc) is 1.96. The summed E-state index contributed by atoms with van der Waals surface area (Å²) in [7, 11) is 0. The van der Waals surface area contributed by atoms with Crippen molar-refractivity contribution in [1.29, 1.82) is 0 Å².